The molecule has 1 N–H and O–H groups in total. The van der Waals surface area contributed by atoms with Crippen molar-refractivity contribution in [3.63, 3.8) is 0 Å². The molecule has 24 heavy (non-hydrogen) atoms. The van der Waals surface area contributed by atoms with Gasteiger partial charge >= 0.3 is 5.69 Å². The van der Waals surface area contributed by atoms with Gasteiger partial charge in [-0.25, -0.2) is 0 Å². The van der Waals surface area contributed by atoms with E-state index in [1.54, 1.807) is 6.07 Å². The molecule has 7 nitrogen and oxygen atoms in total. The van der Waals surface area contributed by atoms with Crippen molar-refractivity contribution in [3.8, 4) is 5.75 Å². The minimum Gasteiger partial charge on any atom is -0.477 e. The molecule has 9 heteroatoms. The molecule has 0 saturated heterocycles. The molecule has 124 valence electrons. The van der Waals surface area contributed by atoms with Crippen LogP contribution < -0.4 is 10.1 Å². The van der Waals surface area contributed by atoms with Gasteiger partial charge < -0.3 is 10.1 Å². The van der Waals surface area contributed by atoms with Crippen LogP contribution in [0.4, 0.5) is 11.4 Å². The van der Waals surface area contributed by atoms with Crippen molar-refractivity contribution in [1.82, 2.24) is 0 Å². The zero-order valence-corrected chi connectivity index (χ0v) is 13.5. The maximum Gasteiger partial charge on any atom is 0.311 e. The standard InChI is InChI=1S/C15H10Cl2N2O5/c16-10-2-3-12(11(17)6-10)18-15(21)8-24-14-4-1-9(7-20)5-13(14)19(22)23/h1-7H,8H2,(H,18,21). The summed E-state index contributed by atoms with van der Waals surface area (Å²) < 4.78 is 5.16. The summed E-state index contributed by atoms with van der Waals surface area (Å²) in [6.07, 6.45) is 0.478. The van der Waals surface area contributed by atoms with Crippen molar-refractivity contribution in [2.45, 2.75) is 0 Å². The molecule has 2 aromatic rings. The van der Waals surface area contributed by atoms with Crippen molar-refractivity contribution in [1.29, 1.82) is 0 Å². The van der Waals surface area contributed by atoms with Gasteiger partial charge in [0.05, 0.1) is 15.6 Å². The largest absolute Gasteiger partial charge is 0.477 e. The van der Waals surface area contributed by atoms with Crippen LogP contribution in [0.3, 0.4) is 0 Å². The highest BCUT2D eigenvalue weighted by Gasteiger charge is 2.17. The molecule has 2 rings (SSSR count). The Hall–Kier alpha value is -2.64. The molecular weight excluding hydrogens is 359 g/mol. The van der Waals surface area contributed by atoms with Crippen LogP contribution >= 0.6 is 23.2 Å². The fourth-order valence-electron chi connectivity index (χ4n) is 1.79. The minimum atomic E-state index is -0.698. The van der Waals surface area contributed by atoms with E-state index < -0.39 is 23.1 Å². The smallest absolute Gasteiger partial charge is 0.311 e. The number of anilines is 1. The SMILES string of the molecule is O=Cc1ccc(OCC(=O)Nc2ccc(Cl)cc2Cl)c([N+](=O)[O-])c1. The number of hydrogen-bond donors (Lipinski definition) is 1. The lowest BCUT2D eigenvalue weighted by molar-refractivity contribution is -0.385. The predicted molar refractivity (Wildman–Crippen MR) is 89.1 cm³/mol. The molecular formula is C15H10Cl2N2O5. The number of nitrogens with zero attached hydrogens (tertiary/aromatic N) is 1. The van der Waals surface area contributed by atoms with Crippen LogP contribution in [0.5, 0.6) is 5.75 Å². The first-order chi connectivity index (χ1) is 11.4. The summed E-state index contributed by atoms with van der Waals surface area (Å²) in [5.41, 5.74) is 0.0591. The highest BCUT2D eigenvalue weighted by Crippen LogP contribution is 2.28. The number of aldehydes is 1. The van der Waals surface area contributed by atoms with E-state index in [0.717, 1.165) is 6.07 Å². The third kappa shape index (κ3) is 4.43. The molecule has 0 atom stereocenters. The molecule has 0 aliphatic carbocycles. The number of nitro benzene ring substituents is 1. The molecule has 0 saturated carbocycles. The zero-order valence-electron chi connectivity index (χ0n) is 12.0. The summed E-state index contributed by atoms with van der Waals surface area (Å²) >= 11 is 11.7. The Morgan fingerprint density at radius 3 is 2.62 bits per heavy atom. The number of halogens is 2. The highest BCUT2D eigenvalue weighted by atomic mass is 35.5. The van der Waals surface area contributed by atoms with Gasteiger partial charge in [-0.3, -0.25) is 19.7 Å². The first-order valence-corrected chi connectivity index (χ1v) is 7.27. The van der Waals surface area contributed by atoms with Gasteiger partial charge in [0.2, 0.25) is 0 Å². The number of rotatable bonds is 6. The van der Waals surface area contributed by atoms with E-state index in [1.165, 1.54) is 24.3 Å². The lowest BCUT2D eigenvalue weighted by atomic mass is 10.2. The van der Waals surface area contributed by atoms with E-state index in [9.17, 15) is 19.7 Å². The molecule has 1 amide bonds. The number of hydrogen-bond acceptors (Lipinski definition) is 5. The molecule has 0 heterocycles. The number of carbonyl (C=O) groups excluding carboxylic acids is 2. The van der Waals surface area contributed by atoms with Crippen LogP contribution in [0, 0.1) is 10.1 Å². The second-order valence-corrected chi connectivity index (χ2v) is 5.41. The van der Waals surface area contributed by atoms with Gasteiger partial charge in [0.1, 0.15) is 6.29 Å². The number of carbonyl (C=O) groups is 2. The van der Waals surface area contributed by atoms with Gasteiger partial charge in [0.15, 0.2) is 12.4 Å². The van der Waals surface area contributed by atoms with E-state index in [1.807, 2.05) is 0 Å². The maximum atomic E-state index is 11.9. The number of nitro groups is 1. The summed E-state index contributed by atoms with van der Waals surface area (Å²) in [6.45, 7) is -0.472. The topological polar surface area (TPSA) is 98.5 Å². The van der Waals surface area contributed by atoms with Gasteiger partial charge in [0.25, 0.3) is 5.91 Å². The van der Waals surface area contributed by atoms with Crippen molar-refractivity contribution in [2.75, 3.05) is 11.9 Å². The minimum absolute atomic E-state index is 0.122. The molecule has 0 aliphatic heterocycles. The Balaban J connectivity index is 2.06. The average molecular weight is 369 g/mol. The Morgan fingerprint density at radius 2 is 2.00 bits per heavy atom. The van der Waals surface area contributed by atoms with Gasteiger partial charge in [0, 0.05) is 16.7 Å². The van der Waals surface area contributed by atoms with Crippen LogP contribution in [0.15, 0.2) is 36.4 Å². The number of ether oxygens (including phenoxy) is 1. The molecule has 0 aliphatic rings. The molecule has 0 unspecified atom stereocenters. The third-order valence-corrected chi connectivity index (χ3v) is 3.43. The number of amides is 1. The number of benzene rings is 2. The van der Waals surface area contributed by atoms with Gasteiger partial charge in [-0.1, -0.05) is 23.2 Å². The van der Waals surface area contributed by atoms with E-state index in [-0.39, 0.29) is 16.3 Å². The van der Waals surface area contributed by atoms with E-state index in [0.29, 0.717) is 17.0 Å². The zero-order chi connectivity index (χ0) is 17.7. The summed E-state index contributed by atoms with van der Waals surface area (Å²) in [4.78, 5) is 32.8. The van der Waals surface area contributed by atoms with Gasteiger partial charge in [-0.2, -0.15) is 0 Å². The third-order valence-electron chi connectivity index (χ3n) is 2.88. The fraction of sp³-hybridized carbons (Fsp3) is 0.0667. The summed E-state index contributed by atoms with van der Waals surface area (Å²) in [7, 11) is 0. The maximum absolute atomic E-state index is 11.9. The molecule has 0 fully saturated rings. The lowest BCUT2D eigenvalue weighted by Gasteiger charge is -2.09. The molecule has 0 spiro atoms. The van der Waals surface area contributed by atoms with Crippen LogP contribution in [0.25, 0.3) is 0 Å². The normalized spacial score (nSPS) is 10.1. The highest BCUT2D eigenvalue weighted by molar-refractivity contribution is 6.36. The van der Waals surface area contributed by atoms with E-state index in [4.69, 9.17) is 27.9 Å². The van der Waals surface area contributed by atoms with Crippen molar-refractivity contribution in [3.05, 3.63) is 62.1 Å². The second-order valence-electron chi connectivity index (χ2n) is 4.56. The Bertz CT molecular complexity index is 810. The first kappa shape index (κ1) is 17.7. The molecule has 0 radical (unpaired) electrons. The Morgan fingerprint density at radius 1 is 1.25 bits per heavy atom. The Kier molecular flexibility index (Phi) is 5.73. The summed E-state index contributed by atoms with van der Waals surface area (Å²) in [5.74, 6) is -0.684. The quantitative estimate of drug-likeness (QED) is 0.475. The summed E-state index contributed by atoms with van der Waals surface area (Å²) in [6, 6.07) is 8.20. The monoisotopic (exact) mass is 368 g/mol. The predicted octanol–water partition coefficient (Wildman–Crippen LogP) is 3.73. The fourth-order valence-corrected chi connectivity index (χ4v) is 2.25. The summed E-state index contributed by atoms with van der Waals surface area (Å²) in [5, 5.41) is 14.1. The lowest BCUT2D eigenvalue weighted by Crippen LogP contribution is -2.20. The van der Waals surface area contributed by atoms with Crippen LogP contribution in [0.2, 0.25) is 10.0 Å². The van der Waals surface area contributed by atoms with E-state index in [2.05, 4.69) is 5.32 Å². The van der Waals surface area contributed by atoms with Crippen LogP contribution in [-0.2, 0) is 4.79 Å². The van der Waals surface area contributed by atoms with Crippen molar-refractivity contribution < 1.29 is 19.2 Å². The van der Waals surface area contributed by atoms with Crippen LogP contribution in [0.1, 0.15) is 10.4 Å². The van der Waals surface area contributed by atoms with Crippen LogP contribution in [-0.4, -0.2) is 23.7 Å². The second kappa shape index (κ2) is 7.76. The van der Waals surface area contributed by atoms with Gasteiger partial charge in [-0.15, -0.1) is 0 Å². The van der Waals surface area contributed by atoms with Crippen molar-refractivity contribution >= 4 is 46.8 Å². The number of nitrogens with one attached hydrogen (secondary N) is 1. The molecule has 2 aromatic carbocycles. The molecule has 0 aromatic heterocycles. The van der Waals surface area contributed by atoms with Crippen molar-refractivity contribution in [2.24, 2.45) is 0 Å². The molecule has 0 bridgehead atoms. The van der Waals surface area contributed by atoms with Gasteiger partial charge in [-0.05, 0) is 30.3 Å². The first-order valence-electron chi connectivity index (χ1n) is 6.52. The Labute approximate surface area is 146 Å². The average Bonchev–Trinajstić information content (AvgIpc) is 2.55. The van der Waals surface area contributed by atoms with E-state index >= 15 is 0 Å².